The van der Waals surface area contributed by atoms with Crippen LogP contribution in [0.5, 0.6) is 0 Å². The second kappa shape index (κ2) is 4.96. The highest BCUT2D eigenvalue weighted by atomic mass is 127. The number of fused-ring (bicyclic) bond motifs is 1. The van der Waals surface area contributed by atoms with E-state index in [0.717, 1.165) is 36.6 Å². The van der Waals surface area contributed by atoms with Gasteiger partial charge in [-0.3, -0.25) is 0 Å². The van der Waals surface area contributed by atoms with Gasteiger partial charge in [-0.25, -0.2) is 9.97 Å². The summed E-state index contributed by atoms with van der Waals surface area (Å²) in [6, 6.07) is 8.51. The van der Waals surface area contributed by atoms with Crippen molar-refractivity contribution in [2.45, 2.75) is 19.9 Å². The van der Waals surface area contributed by atoms with Crippen LogP contribution in [-0.4, -0.2) is 16.5 Å². The summed E-state index contributed by atoms with van der Waals surface area (Å²) >= 11 is 2.34. The third-order valence-corrected chi connectivity index (χ3v) is 4.05. The smallest absolute Gasteiger partial charge is 0.132 e. The molecule has 0 saturated heterocycles. The van der Waals surface area contributed by atoms with Gasteiger partial charge in [0.1, 0.15) is 11.6 Å². The maximum atomic E-state index is 6.03. The Balaban J connectivity index is 1.94. The zero-order valence-electron chi connectivity index (χ0n) is 10.7. The number of nitrogens with two attached hydrogens (primary N) is 1. The SMILES string of the molecule is Cc1nc(N)c2c(n1)CCN(c1cccc(I)c1)C2. The third-order valence-electron chi connectivity index (χ3n) is 3.38. The first-order valence-corrected chi connectivity index (χ1v) is 7.34. The Morgan fingerprint density at radius 3 is 2.95 bits per heavy atom. The molecule has 1 aromatic carbocycles. The highest BCUT2D eigenvalue weighted by Crippen LogP contribution is 2.27. The van der Waals surface area contributed by atoms with E-state index < -0.39 is 0 Å². The summed E-state index contributed by atoms with van der Waals surface area (Å²) < 4.78 is 1.24. The van der Waals surface area contributed by atoms with Crippen LogP contribution in [0.25, 0.3) is 0 Å². The molecule has 2 heterocycles. The van der Waals surface area contributed by atoms with Gasteiger partial charge in [-0.2, -0.15) is 0 Å². The molecule has 4 nitrogen and oxygen atoms in total. The molecule has 0 fully saturated rings. The maximum Gasteiger partial charge on any atom is 0.132 e. The van der Waals surface area contributed by atoms with Crippen molar-refractivity contribution in [3.8, 4) is 0 Å². The molecule has 1 aromatic heterocycles. The summed E-state index contributed by atoms with van der Waals surface area (Å²) in [6.45, 7) is 3.66. The summed E-state index contributed by atoms with van der Waals surface area (Å²) in [5.74, 6) is 1.39. The van der Waals surface area contributed by atoms with Gasteiger partial charge in [-0.05, 0) is 47.7 Å². The van der Waals surface area contributed by atoms with Crippen molar-refractivity contribution in [2.75, 3.05) is 17.2 Å². The second-order valence-corrected chi connectivity index (χ2v) is 5.98. The molecule has 0 aliphatic carbocycles. The van der Waals surface area contributed by atoms with Gasteiger partial charge < -0.3 is 10.6 Å². The van der Waals surface area contributed by atoms with Gasteiger partial charge in [-0.1, -0.05) is 6.07 Å². The third kappa shape index (κ3) is 2.51. The van der Waals surface area contributed by atoms with Gasteiger partial charge in [0.25, 0.3) is 0 Å². The highest BCUT2D eigenvalue weighted by molar-refractivity contribution is 14.1. The lowest BCUT2D eigenvalue weighted by Crippen LogP contribution is -2.32. The van der Waals surface area contributed by atoms with Crippen LogP contribution in [0.3, 0.4) is 0 Å². The Morgan fingerprint density at radius 1 is 1.32 bits per heavy atom. The van der Waals surface area contributed by atoms with Crippen molar-refractivity contribution in [1.82, 2.24) is 9.97 Å². The van der Waals surface area contributed by atoms with Gasteiger partial charge in [0.05, 0.1) is 5.69 Å². The van der Waals surface area contributed by atoms with Crippen molar-refractivity contribution < 1.29 is 0 Å². The molecular formula is C14H15IN4. The maximum absolute atomic E-state index is 6.03. The van der Waals surface area contributed by atoms with E-state index in [-0.39, 0.29) is 0 Å². The van der Waals surface area contributed by atoms with Crippen LogP contribution in [0.4, 0.5) is 11.5 Å². The summed E-state index contributed by atoms with van der Waals surface area (Å²) in [7, 11) is 0. The first kappa shape index (κ1) is 12.7. The van der Waals surface area contributed by atoms with Gasteiger partial charge >= 0.3 is 0 Å². The number of anilines is 2. The van der Waals surface area contributed by atoms with Crippen molar-refractivity contribution in [1.29, 1.82) is 0 Å². The van der Waals surface area contributed by atoms with Gasteiger partial charge in [-0.15, -0.1) is 0 Å². The molecule has 3 rings (SSSR count). The molecule has 0 radical (unpaired) electrons. The fraction of sp³-hybridized carbons (Fsp3) is 0.286. The van der Waals surface area contributed by atoms with Crippen molar-refractivity contribution in [3.05, 3.63) is 44.9 Å². The van der Waals surface area contributed by atoms with Gasteiger partial charge in [0.15, 0.2) is 0 Å². The molecule has 0 unspecified atom stereocenters. The predicted molar refractivity (Wildman–Crippen MR) is 85.1 cm³/mol. The van der Waals surface area contributed by atoms with E-state index in [2.05, 4.69) is 61.7 Å². The summed E-state index contributed by atoms with van der Waals surface area (Å²) in [5.41, 5.74) is 9.45. The number of rotatable bonds is 1. The number of aromatic nitrogens is 2. The number of hydrogen-bond donors (Lipinski definition) is 1. The first-order chi connectivity index (χ1) is 9.13. The van der Waals surface area contributed by atoms with Crippen molar-refractivity contribution in [2.24, 2.45) is 0 Å². The molecule has 1 aliphatic rings. The van der Waals surface area contributed by atoms with Gasteiger partial charge in [0.2, 0.25) is 0 Å². The fourth-order valence-electron chi connectivity index (χ4n) is 2.46. The molecule has 0 amide bonds. The van der Waals surface area contributed by atoms with E-state index in [0.29, 0.717) is 5.82 Å². The average molecular weight is 366 g/mol. The Hall–Kier alpha value is -1.37. The molecule has 0 atom stereocenters. The van der Waals surface area contributed by atoms with Crippen LogP contribution in [0.2, 0.25) is 0 Å². The molecule has 0 bridgehead atoms. The van der Waals surface area contributed by atoms with Crippen LogP contribution in [0.1, 0.15) is 17.1 Å². The van der Waals surface area contributed by atoms with Crippen LogP contribution >= 0.6 is 22.6 Å². The topological polar surface area (TPSA) is 55.0 Å². The minimum absolute atomic E-state index is 0.623. The number of nitrogen functional groups attached to an aromatic ring is 1. The Labute approximate surface area is 126 Å². The number of nitrogens with zero attached hydrogens (tertiary/aromatic N) is 3. The minimum atomic E-state index is 0.623. The van der Waals surface area contributed by atoms with Gasteiger partial charge in [0, 0.05) is 34.3 Å². The van der Waals surface area contributed by atoms with Crippen molar-refractivity contribution >= 4 is 34.1 Å². The normalized spacial score (nSPS) is 14.3. The van der Waals surface area contributed by atoms with Crippen LogP contribution in [-0.2, 0) is 13.0 Å². The summed E-state index contributed by atoms with van der Waals surface area (Å²) in [5, 5.41) is 0. The average Bonchev–Trinajstić information content (AvgIpc) is 2.38. The molecule has 0 spiro atoms. The van der Waals surface area contributed by atoms with E-state index in [1.165, 1.54) is 9.26 Å². The molecule has 2 aromatic rings. The minimum Gasteiger partial charge on any atom is -0.383 e. The molecule has 19 heavy (non-hydrogen) atoms. The lowest BCUT2D eigenvalue weighted by Gasteiger charge is -2.30. The summed E-state index contributed by atoms with van der Waals surface area (Å²) in [6.07, 6.45) is 0.925. The zero-order chi connectivity index (χ0) is 13.4. The van der Waals surface area contributed by atoms with E-state index in [4.69, 9.17) is 5.73 Å². The molecule has 98 valence electrons. The molecule has 2 N–H and O–H groups in total. The number of hydrogen-bond acceptors (Lipinski definition) is 4. The number of aryl methyl sites for hydroxylation is 1. The highest BCUT2D eigenvalue weighted by Gasteiger charge is 2.21. The van der Waals surface area contributed by atoms with Crippen molar-refractivity contribution in [3.63, 3.8) is 0 Å². The predicted octanol–water partition coefficient (Wildman–Crippen LogP) is 2.53. The van der Waals surface area contributed by atoms with Crippen LogP contribution in [0.15, 0.2) is 24.3 Å². The molecular weight excluding hydrogens is 351 g/mol. The lowest BCUT2D eigenvalue weighted by atomic mass is 10.1. The zero-order valence-corrected chi connectivity index (χ0v) is 12.9. The van der Waals surface area contributed by atoms with E-state index in [1.807, 2.05) is 6.92 Å². The molecule has 1 aliphatic heterocycles. The standard InChI is InChI=1S/C14H15IN4/c1-9-17-13-5-6-19(8-12(13)14(16)18-9)11-4-2-3-10(15)7-11/h2-4,7H,5-6,8H2,1H3,(H2,16,17,18). The molecule has 0 saturated carbocycles. The Bertz CT molecular complexity index is 627. The quantitative estimate of drug-likeness (QED) is 0.789. The fourth-order valence-corrected chi connectivity index (χ4v) is 2.99. The monoisotopic (exact) mass is 366 g/mol. The van der Waals surface area contributed by atoms with Crippen LogP contribution in [0, 0.1) is 10.5 Å². The van der Waals surface area contributed by atoms with E-state index in [1.54, 1.807) is 0 Å². The Kier molecular flexibility index (Phi) is 3.30. The van der Waals surface area contributed by atoms with E-state index in [9.17, 15) is 0 Å². The Morgan fingerprint density at radius 2 is 2.16 bits per heavy atom. The first-order valence-electron chi connectivity index (χ1n) is 6.26. The lowest BCUT2D eigenvalue weighted by molar-refractivity contribution is 0.703. The largest absolute Gasteiger partial charge is 0.383 e. The second-order valence-electron chi connectivity index (χ2n) is 4.73. The summed E-state index contributed by atoms with van der Waals surface area (Å²) in [4.78, 5) is 11.1. The number of benzene rings is 1. The number of halogens is 1. The molecule has 5 heteroatoms. The van der Waals surface area contributed by atoms with Crippen LogP contribution < -0.4 is 10.6 Å². The van der Waals surface area contributed by atoms with E-state index >= 15 is 0 Å².